The molecule has 1 aromatic carbocycles. The van der Waals surface area contributed by atoms with E-state index in [1.165, 1.54) is 29.5 Å². The van der Waals surface area contributed by atoms with Crippen LogP contribution in [-0.4, -0.2) is 4.98 Å². The van der Waals surface area contributed by atoms with Gasteiger partial charge in [-0.05, 0) is 30.9 Å². The molecule has 1 saturated carbocycles. The molecule has 1 aliphatic rings. The van der Waals surface area contributed by atoms with Crippen LogP contribution in [0.5, 0.6) is 0 Å². The van der Waals surface area contributed by atoms with Gasteiger partial charge in [-0.1, -0.05) is 6.07 Å². The second-order valence-electron chi connectivity index (χ2n) is 4.53. The molecule has 5 heteroatoms. The van der Waals surface area contributed by atoms with Crippen LogP contribution in [0.25, 0.3) is 11.3 Å². The Labute approximate surface area is 107 Å². The Morgan fingerprint density at radius 2 is 1.94 bits per heavy atom. The summed E-state index contributed by atoms with van der Waals surface area (Å²) in [6.07, 6.45) is 2.23. The highest BCUT2D eigenvalue weighted by Gasteiger charge is 2.31. The molecular formula is C13H12F2N2S. The molecule has 1 fully saturated rings. The Hall–Kier alpha value is -1.33. The SMILES string of the molecule is NC(c1nc(-c2c(F)cccc2F)cs1)C1CC1. The molecule has 3 rings (SSSR count). The van der Waals surface area contributed by atoms with Crippen LogP contribution < -0.4 is 5.73 Å². The van der Waals surface area contributed by atoms with E-state index >= 15 is 0 Å². The van der Waals surface area contributed by atoms with Gasteiger partial charge in [-0.25, -0.2) is 13.8 Å². The first-order valence-electron chi connectivity index (χ1n) is 5.82. The third kappa shape index (κ3) is 2.04. The van der Waals surface area contributed by atoms with E-state index in [1.807, 2.05) is 0 Å². The molecule has 1 heterocycles. The Balaban J connectivity index is 1.97. The van der Waals surface area contributed by atoms with E-state index in [0.29, 0.717) is 11.6 Å². The van der Waals surface area contributed by atoms with E-state index in [9.17, 15) is 8.78 Å². The monoisotopic (exact) mass is 266 g/mol. The summed E-state index contributed by atoms with van der Waals surface area (Å²) in [5.41, 5.74) is 6.30. The fourth-order valence-electron chi connectivity index (χ4n) is 1.96. The lowest BCUT2D eigenvalue weighted by atomic mass is 10.1. The number of thiazole rings is 1. The van der Waals surface area contributed by atoms with Crippen molar-refractivity contribution in [2.45, 2.75) is 18.9 Å². The van der Waals surface area contributed by atoms with Gasteiger partial charge in [0.25, 0.3) is 0 Å². The van der Waals surface area contributed by atoms with Gasteiger partial charge in [0, 0.05) is 5.38 Å². The van der Waals surface area contributed by atoms with Crippen LogP contribution in [-0.2, 0) is 0 Å². The number of benzene rings is 1. The largest absolute Gasteiger partial charge is 0.322 e. The average Bonchev–Trinajstić information content (AvgIpc) is 3.08. The van der Waals surface area contributed by atoms with Gasteiger partial charge < -0.3 is 5.73 Å². The van der Waals surface area contributed by atoms with Crippen molar-refractivity contribution >= 4 is 11.3 Å². The minimum absolute atomic E-state index is 0.0667. The first-order valence-corrected chi connectivity index (χ1v) is 6.70. The van der Waals surface area contributed by atoms with Crippen LogP contribution >= 0.6 is 11.3 Å². The zero-order valence-corrected chi connectivity index (χ0v) is 10.4. The lowest BCUT2D eigenvalue weighted by Gasteiger charge is -2.05. The number of hydrogen-bond acceptors (Lipinski definition) is 3. The number of rotatable bonds is 3. The summed E-state index contributed by atoms with van der Waals surface area (Å²) >= 11 is 1.37. The molecular weight excluding hydrogens is 254 g/mol. The highest BCUT2D eigenvalue weighted by molar-refractivity contribution is 7.10. The second kappa shape index (κ2) is 4.40. The van der Waals surface area contributed by atoms with Crippen LogP contribution in [0.2, 0.25) is 0 Å². The number of halogens is 2. The molecule has 1 unspecified atom stereocenters. The van der Waals surface area contributed by atoms with Crippen molar-refractivity contribution in [1.82, 2.24) is 4.98 Å². The summed E-state index contributed by atoms with van der Waals surface area (Å²) in [6, 6.07) is 3.71. The summed E-state index contributed by atoms with van der Waals surface area (Å²) in [7, 11) is 0. The Kier molecular flexibility index (Phi) is 2.87. The normalized spacial score (nSPS) is 16.8. The van der Waals surface area contributed by atoms with Gasteiger partial charge in [0.2, 0.25) is 0 Å². The van der Waals surface area contributed by atoms with Crippen molar-refractivity contribution in [2.75, 3.05) is 0 Å². The minimum Gasteiger partial charge on any atom is -0.322 e. The van der Waals surface area contributed by atoms with E-state index in [-0.39, 0.29) is 11.6 Å². The Morgan fingerprint density at radius 3 is 2.56 bits per heavy atom. The summed E-state index contributed by atoms with van der Waals surface area (Å²) < 4.78 is 27.2. The zero-order chi connectivity index (χ0) is 12.7. The predicted molar refractivity (Wildman–Crippen MR) is 67.1 cm³/mol. The Morgan fingerprint density at radius 1 is 1.28 bits per heavy atom. The minimum atomic E-state index is -0.591. The molecule has 0 saturated heterocycles. The molecule has 2 nitrogen and oxygen atoms in total. The van der Waals surface area contributed by atoms with E-state index < -0.39 is 11.6 Å². The molecule has 0 amide bonds. The second-order valence-corrected chi connectivity index (χ2v) is 5.42. The van der Waals surface area contributed by atoms with E-state index in [1.54, 1.807) is 5.38 Å². The van der Waals surface area contributed by atoms with Crippen molar-refractivity contribution in [2.24, 2.45) is 11.7 Å². The molecule has 0 spiro atoms. The molecule has 1 aromatic heterocycles. The van der Waals surface area contributed by atoms with Crippen LogP contribution in [0.15, 0.2) is 23.6 Å². The number of hydrogen-bond donors (Lipinski definition) is 1. The zero-order valence-electron chi connectivity index (χ0n) is 9.57. The first-order chi connectivity index (χ1) is 8.66. The van der Waals surface area contributed by atoms with E-state index in [2.05, 4.69) is 4.98 Å². The van der Waals surface area contributed by atoms with Gasteiger partial charge in [-0.2, -0.15) is 0 Å². The quantitative estimate of drug-likeness (QED) is 0.923. The maximum absolute atomic E-state index is 13.6. The molecule has 1 atom stereocenters. The number of aromatic nitrogens is 1. The fourth-order valence-corrected chi connectivity index (χ4v) is 2.86. The van der Waals surface area contributed by atoms with Gasteiger partial charge in [0.05, 0.1) is 17.3 Å². The maximum Gasteiger partial charge on any atom is 0.135 e. The van der Waals surface area contributed by atoms with Gasteiger partial charge in [-0.15, -0.1) is 11.3 Å². The van der Waals surface area contributed by atoms with Gasteiger partial charge in [0.1, 0.15) is 16.6 Å². The van der Waals surface area contributed by atoms with Crippen LogP contribution in [0.4, 0.5) is 8.78 Å². The standard InChI is InChI=1S/C13H12F2N2S/c14-8-2-1-3-9(15)11(8)10-6-18-13(17-10)12(16)7-4-5-7/h1-3,6-7,12H,4-5,16H2. The molecule has 0 aliphatic heterocycles. The summed E-state index contributed by atoms with van der Waals surface area (Å²) in [5, 5.41) is 2.43. The van der Waals surface area contributed by atoms with Gasteiger partial charge >= 0.3 is 0 Å². The van der Waals surface area contributed by atoms with Crippen molar-refractivity contribution in [3.05, 3.63) is 40.2 Å². The summed E-state index contributed by atoms with van der Waals surface area (Å²) in [5.74, 6) is -0.701. The number of nitrogens with two attached hydrogens (primary N) is 1. The van der Waals surface area contributed by atoms with Crippen molar-refractivity contribution in [1.29, 1.82) is 0 Å². The highest BCUT2D eigenvalue weighted by atomic mass is 32.1. The highest BCUT2D eigenvalue weighted by Crippen LogP contribution is 2.41. The molecule has 0 bridgehead atoms. The van der Waals surface area contributed by atoms with Gasteiger partial charge in [-0.3, -0.25) is 0 Å². The van der Waals surface area contributed by atoms with Crippen molar-refractivity contribution in [3.63, 3.8) is 0 Å². The van der Waals surface area contributed by atoms with E-state index in [0.717, 1.165) is 17.8 Å². The van der Waals surface area contributed by atoms with Crippen LogP contribution in [0.1, 0.15) is 23.9 Å². The topological polar surface area (TPSA) is 38.9 Å². The predicted octanol–water partition coefficient (Wildman–Crippen LogP) is 3.50. The molecule has 2 aromatic rings. The third-order valence-electron chi connectivity index (χ3n) is 3.16. The van der Waals surface area contributed by atoms with Crippen molar-refractivity contribution < 1.29 is 8.78 Å². The molecule has 94 valence electrons. The molecule has 0 radical (unpaired) electrons. The van der Waals surface area contributed by atoms with Crippen LogP contribution in [0.3, 0.4) is 0 Å². The molecule has 2 N–H and O–H groups in total. The molecule has 1 aliphatic carbocycles. The lowest BCUT2D eigenvalue weighted by Crippen LogP contribution is -2.11. The van der Waals surface area contributed by atoms with Crippen LogP contribution in [0, 0.1) is 17.6 Å². The van der Waals surface area contributed by atoms with Gasteiger partial charge in [0.15, 0.2) is 0 Å². The molecule has 18 heavy (non-hydrogen) atoms. The maximum atomic E-state index is 13.6. The first kappa shape index (κ1) is 11.7. The average molecular weight is 266 g/mol. The Bertz CT molecular complexity index is 558. The summed E-state index contributed by atoms with van der Waals surface area (Å²) in [6.45, 7) is 0. The third-order valence-corrected chi connectivity index (χ3v) is 4.10. The number of nitrogens with zero attached hydrogens (tertiary/aromatic N) is 1. The lowest BCUT2D eigenvalue weighted by molar-refractivity contribution is 0.588. The fraction of sp³-hybridized carbons (Fsp3) is 0.308. The van der Waals surface area contributed by atoms with Crippen molar-refractivity contribution in [3.8, 4) is 11.3 Å². The summed E-state index contributed by atoms with van der Waals surface area (Å²) in [4.78, 5) is 4.28. The van der Waals surface area contributed by atoms with E-state index in [4.69, 9.17) is 5.73 Å². The smallest absolute Gasteiger partial charge is 0.135 e.